The van der Waals surface area contributed by atoms with Crippen molar-refractivity contribution < 1.29 is 0 Å². The molecule has 0 saturated carbocycles. The summed E-state index contributed by atoms with van der Waals surface area (Å²) in [5.74, 6) is 0. The first-order valence-corrected chi connectivity index (χ1v) is 5.94. The third kappa shape index (κ3) is 2.36. The van der Waals surface area contributed by atoms with Gasteiger partial charge in [0.15, 0.2) is 0 Å². The van der Waals surface area contributed by atoms with Crippen molar-refractivity contribution in [3.05, 3.63) is 58.0 Å². The highest BCUT2D eigenvalue weighted by Crippen LogP contribution is 2.14. The highest BCUT2D eigenvalue weighted by molar-refractivity contribution is 5.50. The van der Waals surface area contributed by atoms with Crippen molar-refractivity contribution in [3.63, 3.8) is 0 Å². The summed E-state index contributed by atoms with van der Waals surface area (Å²) in [6, 6.07) is 11.4. The Kier molecular flexibility index (Phi) is 3.39. The van der Waals surface area contributed by atoms with E-state index >= 15 is 0 Å². The summed E-state index contributed by atoms with van der Waals surface area (Å²) in [6.07, 6.45) is 1.70. The predicted octanol–water partition coefficient (Wildman–Crippen LogP) is 2.08. The minimum Gasteiger partial charge on any atom is -0.378 e. The molecule has 0 amide bonds. The fourth-order valence-electron chi connectivity index (χ4n) is 1.88. The van der Waals surface area contributed by atoms with Gasteiger partial charge in [0, 0.05) is 31.7 Å². The van der Waals surface area contributed by atoms with Crippen molar-refractivity contribution in [2.45, 2.75) is 6.92 Å². The molecule has 0 aliphatic rings. The van der Waals surface area contributed by atoms with Crippen molar-refractivity contribution in [1.29, 1.82) is 5.26 Å². The topological polar surface area (TPSA) is 49.0 Å². The van der Waals surface area contributed by atoms with E-state index in [2.05, 4.69) is 0 Å². The van der Waals surface area contributed by atoms with Crippen molar-refractivity contribution in [2.75, 3.05) is 19.0 Å². The average Bonchev–Trinajstić information content (AvgIpc) is 2.39. The normalized spacial score (nSPS) is 10.0. The standard InChI is InChI=1S/C15H15N3O/c1-11-8-9-18(15(19)14(11)10-16)13-6-4-12(5-7-13)17(2)3/h4-9H,1-3H3. The molecular weight excluding hydrogens is 238 g/mol. The fourth-order valence-corrected chi connectivity index (χ4v) is 1.88. The fraction of sp³-hybridized carbons (Fsp3) is 0.200. The van der Waals surface area contributed by atoms with Gasteiger partial charge in [-0.15, -0.1) is 0 Å². The van der Waals surface area contributed by atoms with Crippen LogP contribution in [0.2, 0.25) is 0 Å². The highest BCUT2D eigenvalue weighted by Gasteiger charge is 2.07. The van der Waals surface area contributed by atoms with Crippen LogP contribution < -0.4 is 10.5 Å². The first kappa shape index (κ1) is 12.9. The molecule has 4 heteroatoms. The summed E-state index contributed by atoms with van der Waals surface area (Å²) in [5.41, 5.74) is 2.43. The molecule has 96 valence electrons. The van der Waals surface area contributed by atoms with Crippen LogP contribution in [0, 0.1) is 18.3 Å². The summed E-state index contributed by atoms with van der Waals surface area (Å²) in [6.45, 7) is 1.76. The zero-order chi connectivity index (χ0) is 14.0. The van der Waals surface area contributed by atoms with Gasteiger partial charge in [0.05, 0.1) is 0 Å². The summed E-state index contributed by atoms with van der Waals surface area (Å²) in [7, 11) is 3.92. The third-order valence-electron chi connectivity index (χ3n) is 3.06. The predicted molar refractivity (Wildman–Crippen MR) is 75.8 cm³/mol. The Balaban J connectivity index is 2.55. The number of anilines is 1. The average molecular weight is 253 g/mol. The van der Waals surface area contributed by atoms with Crippen LogP contribution >= 0.6 is 0 Å². The lowest BCUT2D eigenvalue weighted by Gasteiger charge is -2.13. The van der Waals surface area contributed by atoms with Crippen LogP contribution in [0.15, 0.2) is 41.3 Å². The van der Waals surface area contributed by atoms with Gasteiger partial charge in [0.1, 0.15) is 11.6 Å². The second-order valence-electron chi connectivity index (χ2n) is 4.57. The Morgan fingerprint density at radius 2 is 1.79 bits per heavy atom. The number of rotatable bonds is 2. The molecular formula is C15H15N3O. The van der Waals surface area contributed by atoms with E-state index < -0.39 is 0 Å². The van der Waals surface area contributed by atoms with E-state index in [0.29, 0.717) is 5.56 Å². The first-order chi connectivity index (χ1) is 9.04. The smallest absolute Gasteiger partial charge is 0.273 e. The molecule has 2 aromatic rings. The van der Waals surface area contributed by atoms with Gasteiger partial charge in [-0.1, -0.05) is 0 Å². The lowest BCUT2D eigenvalue weighted by Crippen LogP contribution is -2.21. The van der Waals surface area contributed by atoms with Gasteiger partial charge in [0.25, 0.3) is 5.56 Å². The molecule has 2 rings (SSSR count). The number of aromatic nitrogens is 1. The van der Waals surface area contributed by atoms with Gasteiger partial charge in [0.2, 0.25) is 0 Å². The van der Waals surface area contributed by atoms with Gasteiger partial charge < -0.3 is 4.90 Å². The number of pyridine rings is 1. The van der Waals surface area contributed by atoms with Gasteiger partial charge in [-0.3, -0.25) is 9.36 Å². The largest absolute Gasteiger partial charge is 0.378 e. The Morgan fingerprint density at radius 1 is 1.16 bits per heavy atom. The van der Waals surface area contributed by atoms with Crippen LogP contribution in [0.3, 0.4) is 0 Å². The zero-order valence-electron chi connectivity index (χ0n) is 11.2. The molecule has 4 nitrogen and oxygen atoms in total. The lowest BCUT2D eigenvalue weighted by atomic mass is 10.1. The van der Waals surface area contributed by atoms with E-state index in [1.165, 1.54) is 4.57 Å². The molecule has 0 unspecified atom stereocenters. The number of aryl methyl sites for hydroxylation is 1. The second kappa shape index (κ2) is 4.99. The Bertz CT molecular complexity index is 691. The van der Waals surface area contributed by atoms with E-state index in [4.69, 9.17) is 5.26 Å². The third-order valence-corrected chi connectivity index (χ3v) is 3.06. The van der Waals surface area contributed by atoms with Crippen LogP contribution in [-0.4, -0.2) is 18.7 Å². The van der Waals surface area contributed by atoms with Crippen LogP contribution in [0.5, 0.6) is 0 Å². The van der Waals surface area contributed by atoms with E-state index in [1.807, 2.05) is 49.3 Å². The van der Waals surface area contributed by atoms with Gasteiger partial charge in [-0.05, 0) is 42.8 Å². The monoisotopic (exact) mass is 253 g/mol. The molecule has 1 aromatic carbocycles. The van der Waals surface area contributed by atoms with Gasteiger partial charge in [-0.25, -0.2) is 0 Å². The SMILES string of the molecule is Cc1ccn(-c2ccc(N(C)C)cc2)c(=O)c1C#N. The summed E-state index contributed by atoms with van der Waals surface area (Å²) in [5, 5.41) is 9.02. The van der Waals surface area contributed by atoms with Crippen molar-refractivity contribution in [2.24, 2.45) is 0 Å². The minimum absolute atomic E-state index is 0.194. The minimum atomic E-state index is -0.278. The number of benzene rings is 1. The molecule has 0 radical (unpaired) electrons. The maximum absolute atomic E-state index is 12.2. The quantitative estimate of drug-likeness (QED) is 0.823. The summed E-state index contributed by atoms with van der Waals surface area (Å²) in [4.78, 5) is 14.2. The Labute approximate surface area is 112 Å². The molecule has 0 fully saturated rings. The number of nitrogens with zero attached hydrogens (tertiary/aromatic N) is 3. The first-order valence-electron chi connectivity index (χ1n) is 5.94. The van der Waals surface area contributed by atoms with Crippen molar-refractivity contribution >= 4 is 5.69 Å². The number of hydrogen-bond donors (Lipinski definition) is 0. The Morgan fingerprint density at radius 3 is 2.32 bits per heavy atom. The number of nitriles is 1. The van der Waals surface area contributed by atoms with Crippen molar-refractivity contribution in [3.8, 4) is 11.8 Å². The van der Waals surface area contributed by atoms with E-state index in [1.54, 1.807) is 19.2 Å². The van der Waals surface area contributed by atoms with E-state index in [0.717, 1.165) is 11.4 Å². The van der Waals surface area contributed by atoms with Crippen LogP contribution in [0.4, 0.5) is 5.69 Å². The molecule has 19 heavy (non-hydrogen) atoms. The second-order valence-corrected chi connectivity index (χ2v) is 4.57. The molecule has 1 heterocycles. The van der Waals surface area contributed by atoms with E-state index in [-0.39, 0.29) is 11.1 Å². The maximum Gasteiger partial charge on any atom is 0.273 e. The Hall–Kier alpha value is -2.54. The van der Waals surface area contributed by atoms with Crippen molar-refractivity contribution in [1.82, 2.24) is 4.57 Å². The molecule has 1 aromatic heterocycles. The molecule has 0 aliphatic heterocycles. The molecule has 0 bridgehead atoms. The van der Waals surface area contributed by atoms with Crippen LogP contribution in [-0.2, 0) is 0 Å². The lowest BCUT2D eigenvalue weighted by molar-refractivity contribution is 0.971. The summed E-state index contributed by atoms with van der Waals surface area (Å²) < 4.78 is 1.49. The van der Waals surface area contributed by atoms with Crippen LogP contribution in [0.25, 0.3) is 5.69 Å². The van der Waals surface area contributed by atoms with Gasteiger partial charge >= 0.3 is 0 Å². The van der Waals surface area contributed by atoms with Crippen LogP contribution in [0.1, 0.15) is 11.1 Å². The molecule has 0 aliphatic carbocycles. The van der Waals surface area contributed by atoms with Gasteiger partial charge in [-0.2, -0.15) is 5.26 Å². The maximum atomic E-state index is 12.2. The molecule has 0 spiro atoms. The van der Waals surface area contributed by atoms with E-state index in [9.17, 15) is 4.79 Å². The highest BCUT2D eigenvalue weighted by atomic mass is 16.1. The molecule has 0 saturated heterocycles. The zero-order valence-corrected chi connectivity index (χ0v) is 11.2. The molecule has 0 N–H and O–H groups in total. The summed E-state index contributed by atoms with van der Waals surface area (Å²) >= 11 is 0. The molecule has 0 atom stereocenters. The number of hydrogen-bond acceptors (Lipinski definition) is 3.